The van der Waals surface area contributed by atoms with Gasteiger partial charge in [-0.3, -0.25) is 9.63 Å². The Morgan fingerprint density at radius 2 is 1.75 bits per heavy atom. The van der Waals surface area contributed by atoms with Crippen LogP contribution < -0.4 is 0 Å². The molecule has 0 spiro atoms. The maximum atomic E-state index is 13.0. The second-order valence-corrected chi connectivity index (χ2v) is 7.28. The number of hydroxylamine groups is 2. The second-order valence-electron chi connectivity index (χ2n) is 7.28. The molecule has 1 aromatic carbocycles. The fourth-order valence-electron chi connectivity index (χ4n) is 3.39. The number of hydrogen-bond donors (Lipinski definition) is 0. The van der Waals surface area contributed by atoms with Crippen molar-refractivity contribution < 1.29 is 28.6 Å². The minimum atomic E-state index is -1.04. The highest BCUT2D eigenvalue weighted by molar-refractivity contribution is 6.21. The quantitative estimate of drug-likeness (QED) is 0.544. The zero-order valence-electron chi connectivity index (χ0n) is 17.7. The van der Waals surface area contributed by atoms with E-state index in [9.17, 15) is 9.59 Å². The lowest BCUT2D eigenvalue weighted by Gasteiger charge is -2.38. The van der Waals surface area contributed by atoms with Crippen molar-refractivity contribution in [2.24, 2.45) is 0 Å². The van der Waals surface area contributed by atoms with Gasteiger partial charge >= 0.3 is 6.16 Å². The molecule has 0 saturated heterocycles. The van der Waals surface area contributed by atoms with Gasteiger partial charge in [0.1, 0.15) is 12.2 Å². The fraction of sp³-hybridized carbons (Fsp3) is 0.524. The first-order chi connectivity index (χ1) is 13.1. The van der Waals surface area contributed by atoms with Crippen molar-refractivity contribution in [2.45, 2.75) is 47.1 Å². The molecular formula is C21H29NO6. The highest BCUT2D eigenvalue weighted by Gasteiger charge is 2.43. The van der Waals surface area contributed by atoms with Crippen molar-refractivity contribution in [1.29, 1.82) is 0 Å². The number of nitrogens with zero attached hydrogens (tertiary/aromatic N) is 1. The number of aryl methyl sites for hydroxylation is 3. The van der Waals surface area contributed by atoms with Crippen LogP contribution in [0.2, 0.25) is 0 Å². The Labute approximate surface area is 166 Å². The minimum absolute atomic E-state index is 0.0625. The molecule has 1 amide bonds. The predicted octanol–water partition coefficient (Wildman–Crippen LogP) is 3.69. The van der Waals surface area contributed by atoms with E-state index in [1.807, 2.05) is 39.8 Å². The van der Waals surface area contributed by atoms with Crippen LogP contribution in [0.5, 0.6) is 0 Å². The summed E-state index contributed by atoms with van der Waals surface area (Å²) in [6.45, 7) is 12.0. The predicted molar refractivity (Wildman–Crippen MR) is 104 cm³/mol. The molecule has 28 heavy (non-hydrogen) atoms. The van der Waals surface area contributed by atoms with Crippen molar-refractivity contribution in [3.8, 4) is 0 Å². The van der Waals surface area contributed by atoms with Gasteiger partial charge < -0.3 is 14.2 Å². The van der Waals surface area contributed by atoms with Gasteiger partial charge in [-0.05, 0) is 58.2 Å². The molecule has 1 aliphatic rings. The molecule has 0 N–H and O–H groups in total. The molecule has 7 nitrogen and oxygen atoms in total. The number of likely N-dealkylation sites (N-methyl/N-ethyl adjacent to an activating group) is 1. The molecule has 0 atom stereocenters. The highest BCUT2D eigenvalue weighted by atomic mass is 16.8. The summed E-state index contributed by atoms with van der Waals surface area (Å²) in [4.78, 5) is 30.9. The van der Waals surface area contributed by atoms with Gasteiger partial charge in [0.25, 0.3) is 5.91 Å². The first-order valence-electron chi connectivity index (χ1n) is 9.31. The molecule has 154 valence electrons. The Bertz CT molecular complexity index is 773. The summed E-state index contributed by atoms with van der Waals surface area (Å²) in [7, 11) is 1.54. The molecule has 1 aromatic rings. The van der Waals surface area contributed by atoms with E-state index in [-0.39, 0.29) is 24.9 Å². The molecule has 0 fully saturated rings. The Kier molecular flexibility index (Phi) is 6.85. The first-order valence-corrected chi connectivity index (χ1v) is 9.31. The van der Waals surface area contributed by atoms with E-state index in [1.165, 1.54) is 5.06 Å². The first kappa shape index (κ1) is 21.9. The third-order valence-electron chi connectivity index (χ3n) is 4.40. The van der Waals surface area contributed by atoms with Gasteiger partial charge in [-0.1, -0.05) is 17.7 Å². The van der Waals surface area contributed by atoms with Crippen molar-refractivity contribution in [1.82, 2.24) is 5.06 Å². The third kappa shape index (κ3) is 4.72. The largest absolute Gasteiger partial charge is 0.513 e. The summed E-state index contributed by atoms with van der Waals surface area (Å²) in [6.07, 6.45) is -0.899. The number of benzene rings is 1. The summed E-state index contributed by atoms with van der Waals surface area (Å²) in [5.41, 5.74) is 2.91. The number of rotatable bonds is 6. The van der Waals surface area contributed by atoms with E-state index in [4.69, 9.17) is 19.0 Å². The van der Waals surface area contributed by atoms with Crippen LogP contribution in [0, 0.1) is 20.8 Å². The van der Waals surface area contributed by atoms with Crippen LogP contribution in [0.3, 0.4) is 0 Å². The number of ether oxygens (including phenoxy) is 3. The number of amides is 1. The zero-order valence-corrected chi connectivity index (χ0v) is 17.7. The summed E-state index contributed by atoms with van der Waals surface area (Å²) < 4.78 is 15.7. The maximum Gasteiger partial charge on any atom is 0.513 e. The number of carbonyl (C=O) groups excluding carboxylic acids is 2. The average molecular weight is 391 g/mol. The van der Waals surface area contributed by atoms with Crippen LogP contribution >= 0.6 is 0 Å². The zero-order chi connectivity index (χ0) is 21.1. The molecule has 0 aromatic heterocycles. The molecule has 2 rings (SSSR count). The normalized spacial score (nSPS) is 16.4. The highest BCUT2D eigenvalue weighted by Crippen LogP contribution is 2.39. The van der Waals surface area contributed by atoms with Gasteiger partial charge in [0, 0.05) is 13.7 Å². The molecule has 0 bridgehead atoms. The molecule has 0 unspecified atom stereocenters. The van der Waals surface area contributed by atoms with Gasteiger partial charge in [0.15, 0.2) is 5.76 Å². The minimum Gasteiger partial charge on any atom is -0.432 e. The van der Waals surface area contributed by atoms with Crippen molar-refractivity contribution >= 4 is 17.6 Å². The van der Waals surface area contributed by atoms with E-state index < -0.39 is 11.8 Å². The van der Waals surface area contributed by atoms with Crippen molar-refractivity contribution in [2.75, 3.05) is 26.9 Å². The summed E-state index contributed by atoms with van der Waals surface area (Å²) in [6, 6.07) is 3.98. The summed E-state index contributed by atoms with van der Waals surface area (Å²) >= 11 is 0. The standard InChI is InChI=1S/C21H29NO6/c1-8-25-9-10-26-20(24)27-18-17(19(23)22(7)28-21(18,5)6)16-14(3)11-13(2)12-15(16)4/h11-12H,8-10H2,1-7H3. The van der Waals surface area contributed by atoms with E-state index in [0.717, 1.165) is 22.3 Å². The van der Waals surface area contributed by atoms with Crippen LogP contribution in [-0.2, 0) is 23.8 Å². The topological polar surface area (TPSA) is 74.3 Å². The van der Waals surface area contributed by atoms with Crippen molar-refractivity contribution in [3.63, 3.8) is 0 Å². The van der Waals surface area contributed by atoms with Crippen molar-refractivity contribution in [3.05, 3.63) is 40.1 Å². The number of carbonyl (C=O) groups is 2. The van der Waals surface area contributed by atoms with E-state index in [1.54, 1.807) is 20.9 Å². The van der Waals surface area contributed by atoms with Gasteiger partial charge in [0.2, 0.25) is 0 Å². The van der Waals surface area contributed by atoms with Crippen LogP contribution in [0.25, 0.3) is 5.57 Å². The fourth-order valence-corrected chi connectivity index (χ4v) is 3.39. The van der Waals surface area contributed by atoms with Gasteiger partial charge in [-0.15, -0.1) is 0 Å². The lowest BCUT2D eigenvalue weighted by atomic mass is 9.88. The van der Waals surface area contributed by atoms with Gasteiger partial charge in [-0.2, -0.15) is 0 Å². The third-order valence-corrected chi connectivity index (χ3v) is 4.40. The van der Waals surface area contributed by atoms with Crippen LogP contribution in [0.4, 0.5) is 4.79 Å². The summed E-state index contributed by atoms with van der Waals surface area (Å²) in [5, 5.41) is 1.17. The molecule has 1 aliphatic heterocycles. The lowest BCUT2D eigenvalue weighted by molar-refractivity contribution is -0.219. The van der Waals surface area contributed by atoms with E-state index in [2.05, 4.69) is 0 Å². The van der Waals surface area contributed by atoms with Crippen LogP contribution in [0.1, 0.15) is 43.0 Å². The summed E-state index contributed by atoms with van der Waals surface area (Å²) in [5.74, 6) is -0.251. The average Bonchev–Trinajstić information content (AvgIpc) is 2.58. The Morgan fingerprint density at radius 3 is 2.32 bits per heavy atom. The van der Waals surface area contributed by atoms with Crippen LogP contribution in [0.15, 0.2) is 17.9 Å². The van der Waals surface area contributed by atoms with Gasteiger partial charge in [-0.25, -0.2) is 9.86 Å². The Hall–Kier alpha value is -2.38. The molecule has 0 saturated carbocycles. The number of hydrogen-bond acceptors (Lipinski definition) is 6. The van der Waals surface area contributed by atoms with E-state index >= 15 is 0 Å². The van der Waals surface area contributed by atoms with Crippen LogP contribution in [-0.4, -0.2) is 49.6 Å². The molecular weight excluding hydrogens is 362 g/mol. The lowest BCUT2D eigenvalue weighted by Crippen LogP contribution is -2.46. The Morgan fingerprint density at radius 1 is 1.14 bits per heavy atom. The Balaban J connectivity index is 2.50. The molecule has 1 heterocycles. The molecule has 0 radical (unpaired) electrons. The monoisotopic (exact) mass is 391 g/mol. The molecule has 0 aliphatic carbocycles. The maximum absolute atomic E-state index is 13.0. The second kappa shape index (κ2) is 8.75. The van der Waals surface area contributed by atoms with E-state index in [0.29, 0.717) is 12.2 Å². The SMILES string of the molecule is CCOCCOC(=O)OC1=C(c2c(C)cc(C)cc2C)C(=O)N(C)OC1(C)C. The molecule has 7 heteroatoms. The smallest absolute Gasteiger partial charge is 0.432 e. The van der Waals surface area contributed by atoms with Gasteiger partial charge in [0.05, 0.1) is 12.2 Å².